The molecular weight excluding hydrogens is 356 g/mol. The quantitative estimate of drug-likeness (QED) is 0.668. The molecule has 4 aliphatic rings. The van der Waals surface area contributed by atoms with Crippen molar-refractivity contribution in [2.24, 2.45) is 40.4 Å². The average molecular weight is 391 g/mol. The SMILES string of the molecule is COC(=O)[C@@H]1CC(=O)[C@@H]2[C@H]3CC[C@H]4C[C@H](OC(C)=O)CC[C@]4(C)[C@@H]3CC[C@@]21C. The number of ketones is 1. The fourth-order valence-corrected chi connectivity index (χ4v) is 7.85. The van der Waals surface area contributed by atoms with Crippen molar-refractivity contribution >= 4 is 17.7 Å². The van der Waals surface area contributed by atoms with E-state index in [1.165, 1.54) is 14.0 Å². The van der Waals surface area contributed by atoms with Crippen LogP contribution in [0.5, 0.6) is 0 Å². The van der Waals surface area contributed by atoms with E-state index in [4.69, 9.17) is 9.47 Å². The predicted molar refractivity (Wildman–Crippen MR) is 103 cm³/mol. The van der Waals surface area contributed by atoms with E-state index in [-0.39, 0.29) is 46.5 Å². The highest BCUT2D eigenvalue weighted by molar-refractivity contribution is 5.91. The fourth-order valence-electron chi connectivity index (χ4n) is 7.85. The Kier molecular flexibility index (Phi) is 4.86. The Morgan fingerprint density at radius 3 is 2.43 bits per heavy atom. The lowest BCUT2D eigenvalue weighted by atomic mass is 9.44. The minimum Gasteiger partial charge on any atom is -0.469 e. The Morgan fingerprint density at radius 2 is 1.75 bits per heavy atom. The Morgan fingerprint density at radius 1 is 1.04 bits per heavy atom. The first-order chi connectivity index (χ1) is 13.2. The first kappa shape index (κ1) is 19.9. The number of fused-ring (bicyclic) bond motifs is 5. The lowest BCUT2D eigenvalue weighted by molar-refractivity contribution is -0.166. The molecule has 0 N–H and O–H groups in total. The minimum absolute atomic E-state index is 0.000631. The van der Waals surface area contributed by atoms with Gasteiger partial charge in [0.1, 0.15) is 11.9 Å². The molecule has 8 atom stereocenters. The second-order valence-electron chi connectivity index (χ2n) is 10.3. The summed E-state index contributed by atoms with van der Waals surface area (Å²) in [6.07, 6.45) is 7.52. The normalized spacial score (nSPS) is 47.5. The van der Waals surface area contributed by atoms with E-state index in [0.717, 1.165) is 44.9 Å². The molecule has 4 rings (SSSR count). The molecule has 0 aliphatic heterocycles. The van der Waals surface area contributed by atoms with Crippen molar-refractivity contribution in [2.45, 2.75) is 78.2 Å². The van der Waals surface area contributed by atoms with Crippen molar-refractivity contribution in [1.29, 1.82) is 0 Å². The average Bonchev–Trinajstić information content (AvgIpc) is 2.92. The summed E-state index contributed by atoms with van der Waals surface area (Å²) in [5.74, 6) is 1.09. The molecule has 4 fully saturated rings. The van der Waals surface area contributed by atoms with Crippen LogP contribution in [0.3, 0.4) is 0 Å². The third-order valence-corrected chi connectivity index (χ3v) is 9.20. The maximum atomic E-state index is 13.1. The maximum absolute atomic E-state index is 13.1. The van der Waals surface area contributed by atoms with Crippen molar-refractivity contribution in [3.05, 3.63) is 0 Å². The van der Waals surface area contributed by atoms with Gasteiger partial charge in [-0.2, -0.15) is 0 Å². The van der Waals surface area contributed by atoms with Gasteiger partial charge in [-0.25, -0.2) is 0 Å². The van der Waals surface area contributed by atoms with Gasteiger partial charge in [-0.15, -0.1) is 0 Å². The van der Waals surface area contributed by atoms with Crippen molar-refractivity contribution < 1.29 is 23.9 Å². The van der Waals surface area contributed by atoms with Crippen molar-refractivity contribution in [2.75, 3.05) is 7.11 Å². The van der Waals surface area contributed by atoms with Crippen LogP contribution in [0.2, 0.25) is 0 Å². The van der Waals surface area contributed by atoms with Gasteiger partial charge in [0.15, 0.2) is 0 Å². The Bertz CT molecular complexity index is 686. The number of rotatable bonds is 2. The molecule has 0 aromatic heterocycles. The molecule has 0 aromatic carbocycles. The third kappa shape index (κ3) is 2.83. The topological polar surface area (TPSA) is 69.7 Å². The second-order valence-corrected chi connectivity index (χ2v) is 10.3. The van der Waals surface area contributed by atoms with Crippen LogP contribution < -0.4 is 0 Å². The zero-order valence-electron chi connectivity index (χ0n) is 17.7. The van der Waals surface area contributed by atoms with Gasteiger partial charge in [-0.3, -0.25) is 14.4 Å². The van der Waals surface area contributed by atoms with E-state index >= 15 is 0 Å². The number of methoxy groups -OCH3 is 1. The van der Waals surface area contributed by atoms with Crippen LogP contribution in [0.15, 0.2) is 0 Å². The highest BCUT2D eigenvalue weighted by Gasteiger charge is 2.64. The van der Waals surface area contributed by atoms with Crippen LogP contribution >= 0.6 is 0 Å². The van der Waals surface area contributed by atoms with Crippen LogP contribution in [0.25, 0.3) is 0 Å². The zero-order valence-corrected chi connectivity index (χ0v) is 17.7. The highest BCUT2D eigenvalue weighted by atomic mass is 16.5. The summed E-state index contributed by atoms with van der Waals surface area (Å²) in [5, 5.41) is 0. The van der Waals surface area contributed by atoms with Crippen LogP contribution in [-0.4, -0.2) is 30.9 Å². The fraction of sp³-hybridized carbons (Fsp3) is 0.870. The van der Waals surface area contributed by atoms with Gasteiger partial charge in [0, 0.05) is 19.3 Å². The first-order valence-electron chi connectivity index (χ1n) is 11.0. The molecule has 0 unspecified atom stereocenters. The summed E-state index contributed by atoms with van der Waals surface area (Å²) < 4.78 is 10.6. The Balaban J connectivity index is 1.57. The smallest absolute Gasteiger partial charge is 0.309 e. The Labute approximate surface area is 167 Å². The van der Waals surface area contributed by atoms with E-state index in [1.54, 1.807) is 0 Å². The number of hydrogen-bond donors (Lipinski definition) is 0. The van der Waals surface area contributed by atoms with E-state index < -0.39 is 0 Å². The number of carbonyl (C=O) groups is 3. The van der Waals surface area contributed by atoms with E-state index in [0.29, 0.717) is 24.2 Å². The van der Waals surface area contributed by atoms with Crippen molar-refractivity contribution in [1.82, 2.24) is 0 Å². The molecule has 0 radical (unpaired) electrons. The van der Waals surface area contributed by atoms with Gasteiger partial charge in [0.05, 0.1) is 13.0 Å². The molecule has 0 amide bonds. The van der Waals surface area contributed by atoms with Gasteiger partial charge < -0.3 is 9.47 Å². The standard InChI is InChI=1S/C23H34O5/c1-13(24)28-15-7-9-22(2)14(11-15)5-6-16-17(22)8-10-23(3)18(21(26)27-4)12-19(25)20(16)23/h14-18,20H,5-12H2,1-4H3/t14-,15+,16-,17+,18-,20-,22-,23+/m0/s1. The maximum Gasteiger partial charge on any atom is 0.309 e. The summed E-state index contributed by atoms with van der Waals surface area (Å²) in [6, 6.07) is 0. The summed E-state index contributed by atoms with van der Waals surface area (Å²) in [6.45, 7) is 6.07. The monoisotopic (exact) mass is 390 g/mol. The molecule has 5 nitrogen and oxygen atoms in total. The number of esters is 2. The molecule has 0 saturated heterocycles. The molecule has 0 spiro atoms. The molecule has 5 heteroatoms. The number of hydrogen-bond acceptors (Lipinski definition) is 5. The van der Waals surface area contributed by atoms with Gasteiger partial charge in [0.25, 0.3) is 0 Å². The van der Waals surface area contributed by atoms with Gasteiger partial charge in [-0.05, 0) is 73.5 Å². The van der Waals surface area contributed by atoms with Crippen LogP contribution in [-0.2, 0) is 23.9 Å². The first-order valence-corrected chi connectivity index (χ1v) is 11.0. The van der Waals surface area contributed by atoms with Crippen molar-refractivity contribution in [3.8, 4) is 0 Å². The minimum atomic E-state index is -0.277. The van der Waals surface area contributed by atoms with Crippen molar-refractivity contribution in [3.63, 3.8) is 0 Å². The highest BCUT2D eigenvalue weighted by Crippen LogP contribution is 2.66. The largest absolute Gasteiger partial charge is 0.469 e. The van der Waals surface area contributed by atoms with E-state index in [2.05, 4.69) is 13.8 Å². The second kappa shape index (κ2) is 6.84. The molecule has 156 valence electrons. The van der Waals surface area contributed by atoms with Crippen LogP contribution in [0, 0.1) is 40.4 Å². The molecule has 0 aromatic rings. The lowest BCUT2D eigenvalue weighted by Crippen LogP contribution is -2.55. The third-order valence-electron chi connectivity index (χ3n) is 9.20. The van der Waals surface area contributed by atoms with Gasteiger partial charge >= 0.3 is 11.9 Å². The zero-order chi connectivity index (χ0) is 20.3. The van der Waals surface area contributed by atoms with Crippen LogP contribution in [0.1, 0.15) is 72.1 Å². The summed E-state index contributed by atoms with van der Waals surface area (Å²) in [7, 11) is 1.43. The Hall–Kier alpha value is -1.39. The predicted octanol–water partition coefficient (Wildman–Crippen LogP) is 3.93. The van der Waals surface area contributed by atoms with E-state index in [1.807, 2.05) is 0 Å². The summed E-state index contributed by atoms with van der Waals surface area (Å²) >= 11 is 0. The number of carbonyl (C=O) groups excluding carboxylic acids is 3. The van der Waals surface area contributed by atoms with Gasteiger partial charge in [0.2, 0.25) is 0 Å². The summed E-state index contributed by atoms with van der Waals surface area (Å²) in [5.41, 5.74) is -0.0337. The molecule has 4 saturated carbocycles. The van der Waals surface area contributed by atoms with Crippen LogP contribution in [0.4, 0.5) is 0 Å². The molecule has 0 bridgehead atoms. The molecule has 0 heterocycles. The van der Waals surface area contributed by atoms with E-state index in [9.17, 15) is 14.4 Å². The lowest BCUT2D eigenvalue weighted by Gasteiger charge is -2.60. The molecule has 28 heavy (non-hydrogen) atoms. The number of ether oxygens (including phenoxy) is 2. The van der Waals surface area contributed by atoms with Gasteiger partial charge in [-0.1, -0.05) is 13.8 Å². The molecule has 4 aliphatic carbocycles. The number of Topliss-reactive ketones (excluding diaryl/α,β-unsaturated/α-hetero) is 1. The summed E-state index contributed by atoms with van der Waals surface area (Å²) in [4.78, 5) is 36.8. The molecular formula is C23H34O5.